The van der Waals surface area contributed by atoms with Gasteiger partial charge in [-0.1, -0.05) is 19.1 Å². The molecule has 0 bridgehead atoms. The van der Waals surface area contributed by atoms with Gasteiger partial charge in [0.15, 0.2) is 0 Å². The monoisotopic (exact) mass is 260 g/mol. The highest BCUT2D eigenvalue weighted by atomic mass is 32.2. The number of hydrogen-bond donors (Lipinski definition) is 2. The molecule has 3 atom stereocenters. The quantitative estimate of drug-likeness (QED) is 0.739. The van der Waals surface area contributed by atoms with E-state index >= 15 is 0 Å². The van der Waals surface area contributed by atoms with E-state index < -0.39 is 0 Å². The number of hydrogen-bond acceptors (Lipinski definition) is 3. The average molecular weight is 260 g/mol. The maximum atomic E-state index is 11.9. The zero-order valence-electron chi connectivity index (χ0n) is 9.86. The van der Waals surface area contributed by atoms with Crippen LogP contribution in [-0.4, -0.2) is 28.4 Å². The van der Waals surface area contributed by atoms with Gasteiger partial charge in [-0.3, -0.25) is 4.79 Å². The van der Waals surface area contributed by atoms with Crippen LogP contribution in [0.2, 0.25) is 0 Å². The summed E-state index contributed by atoms with van der Waals surface area (Å²) in [7, 11) is 0. The third-order valence-electron chi connectivity index (χ3n) is 3.13. The van der Waals surface area contributed by atoms with Gasteiger partial charge >= 0.3 is 0 Å². The number of amides is 1. The molecule has 0 aromatic rings. The molecule has 1 rings (SSSR count). The lowest BCUT2D eigenvalue weighted by Gasteiger charge is -2.17. The van der Waals surface area contributed by atoms with Crippen LogP contribution < -0.4 is 11.1 Å². The van der Waals surface area contributed by atoms with E-state index in [1.807, 2.05) is 18.7 Å². The van der Waals surface area contributed by atoms with E-state index in [9.17, 15) is 4.79 Å². The van der Waals surface area contributed by atoms with Crippen molar-refractivity contribution in [2.75, 3.05) is 6.26 Å². The highest BCUT2D eigenvalue weighted by Crippen LogP contribution is 2.28. The van der Waals surface area contributed by atoms with Crippen molar-refractivity contribution in [2.45, 2.75) is 43.9 Å². The summed E-state index contributed by atoms with van der Waals surface area (Å²) in [5, 5.41) is 3.75. The lowest BCUT2D eigenvalue weighted by atomic mass is 10.1. The van der Waals surface area contributed by atoms with E-state index in [2.05, 4.69) is 11.6 Å². The molecule has 16 heavy (non-hydrogen) atoms. The van der Waals surface area contributed by atoms with Gasteiger partial charge in [0, 0.05) is 11.3 Å². The highest BCUT2D eigenvalue weighted by Gasteiger charge is 2.28. The van der Waals surface area contributed by atoms with Crippen LogP contribution in [0.3, 0.4) is 0 Å². The maximum Gasteiger partial charge on any atom is 0.230 e. The number of thioether (sulfide) groups is 1. The highest BCUT2D eigenvalue weighted by molar-refractivity contribution is 7.99. The van der Waals surface area contributed by atoms with Crippen molar-refractivity contribution < 1.29 is 4.79 Å². The van der Waals surface area contributed by atoms with Crippen molar-refractivity contribution in [3.63, 3.8) is 0 Å². The Morgan fingerprint density at radius 1 is 1.62 bits per heavy atom. The summed E-state index contributed by atoms with van der Waals surface area (Å²) in [6.07, 6.45) is 6.14. The smallest absolute Gasteiger partial charge is 0.230 e. The molecule has 0 aromatic carbocycles. The molecule has 0 radical (unpaired) electrons. The molecule has 0 aliphatic heterocycles. The fourth-order valence-corrected chi connectivity index (χ4v) is 3.17. The molecular formula is C11H20N2OS2. The van der Waals surface area contributed by atoms with Crippen molar-refractivity contribution >= 4 is 34.9 Å². The Labute approximate surface area is 107 Å². The zero-order valence-corrected chi connectivity index (χ0v) is 11.5. The van der Waals surface area contributed by atoms with Gasteiger partial charge in [0.2, 0.25) is 5.91 Å². The summed E-state index contributed by atoms with van der Waals surface area (Å²) in [5.74, 6) is -0.301. The molecule has 1 amide bonds. The average Bonchev–Trinajstić information content (AvgIpc) is 2.65. The summed E-state index contributed by atoms with van der Waals surface area (Å²) in [6, 6.07) is 0.313. The Balaban J connectivity index is 2.42. The van der Waals surface area contributed by atoms with E-state index in [0.29, 0.717) is 22.7 Å². The van der Waals surface area contributed by atoms with E-state index in [4.69, 9.17) is 18.0 Å². The second kappa shape index (κ2) is 6.45. The zero-order chi connectivity index (χ0) is 12.1. The fraction of sp³-hybridized carbons (Fsp3) is 0.818. The number of thiocarbonyl (C=S) groups is 1. The largest absolute Gasteiger partial charge is 0.393 e. The summed E-state index contributed by atoms with van der Waals surface area (Å²) in [6.45, 7) is 1.93. The summed E-state index contributed by atoms with van der Waals surface area (Å²) in [5.41, 5.74) is 5.54. The van der Waals surface area contributed by atoms with Crippen LogP contribution >= 0.6 is 24.0 Å². The van der Waals surface area contributed by atoms with Gasteiger partial charge < -0.3 is 11.1 Å². The van der Waals surface area contributed by atoms with Gasteiger partial charge in [-0.25, -0.2) is 0 Å². The predicted molar refractivity (Wildman–Crippen MR) is 73.7 cm³/mol. The Morgan fingerprint density at radius 2 is 2.31 bits per heavy atom. The molecule has 3 N–H and O–H groups in total. The molecule has 1 aliphatic rings. The molecule has 3 nitrogen and oxygen atoms in total. The standard InChI is InChI=1S/C11H20N2OS2/c1-3-9(10(12)15)11(14)13-7-4-5-8(6-7)16-2/h7-9H,3-6H2,1-2H3,(H2,12,15)(H,13,14). The van der Waals surface area contributed by atoms with Crippen molar-refractivity contribution in [1.29, 1.82) is 0 Å². The van der Waals surface area contributed by atoms with E-state index in [-0.39, 0.29) is 11.8 Å². The van der Waals surface area contributed by atoms with Crippen LogP contribution in [0.5, 0.6) is 0 Å². The second-order valence-electron chi connectivity index (χ2n) is 4.24. The van der Waals surface area contributed by atoms with Gasteiger partial charge in [-0.2, -0.15) is 11.8 Å². The number of rotatable bonds is 5. The van der Waals surface area contributed by atoms with Gasteiger partial charge in [0.25, 0.3) is 0 Å². The van der Waals surface area contributed by atoms with Crippen LogP contribution in [0.4, 0.5) is 0 Å². The lowest BCUT2D eigenvalue weighted by molar-refractivity contribution is -0.123. The van der Waals surface area contributed by atoms with Gasteiger partial charge in [0.05, 0.1) is 10.9 Å². The molecule has 92 valence electrons. The molecule has 0 saturated heterocycles. The minimum atomic E-state index is -0.302. The van der Waals surface area contributed by atoms with Gasteiger partial charge in [0.1, 0.15) is 0 Å². The molecule has 1 saturated carbocycles. The second-order valence-corrected chi connectivity index (χ2v) is 5.85. The SMILES string of the molecule is CCC(C(=O)NC1CCC(SC)C1)C(N)=S. The topological polar surface area (TPSA) is 55.1 Å². The molecule has 5 heteroatoms. The molecule has 1 fully saturated rings. The summed E-state index contributed by atoms with van der Waals surface area (Å²) < 4.78 is 0. The third kappa shape index (κ3) is 3.63. The molecule has 0 aromatic heterocycles. The molecule has 3 unspecified atom stereocenters. The molecular weight excluding hydrogens is 240 g/mol. The number of carbonyl (C=O) groups excluding carboxylic acids is 1. The van der Waals surface area contributed by atoms with Crippen molar-refractivity contribution in [3.05, 3.63) is 0 Å². The van der Waals surface area contributed by atoms with Gasteiger partial charge in [-0.15, -0.1) is 0 Å². The van der Waals surface area contributed by atoms with E-state index in [0.717, 1.165) is 12.8 Å². The van der Waals surface area contributed by atoms with Gasteiger partial charge in [-0.05, 0) is 31.9 Å². The molecule has 0 heterocycles. The third-order valence-corrected chi connectivity index (χ3v) is 4.51. The Morgan fingerprint density at radius 3 is 2.75 bits per heavy atom. The van der Waals surface area contributed by atoms with E-state index in [1.165, 1.54) is 6.42 Å². The Hall–Kier alpha value is -0.290. The molecule has 1 aliphatic carbocycles. The first-order valence-corrected chi connectivity index (χ1v) is 7.40. The van der Waals surface area contributed by atoms with Crippen LogP contribution in [0, 0.1) is 5.92 Å². The minimum Gasteiger partial charge on any atom is -0.393 e. The number of nitrogens with one attached hydrogen (secondary N) is 1. The van der Waals surface area contributed by atoms with Crippen molar-refractivity contribution in [2.24, 2.45) is 11.7 Å². The summed E-state index contributed by atoms with van der Waals surface area (Å²) >= 11 is 6.77. The molecule has 0 spiro atoms. The minimum absolute atomic E-state index is 0.00162. The number of carbonyl (C=O) groups is 1. The summed E-state index contributed by atoms with van der Waals surface area (Å²) in [4.78, 5) is 12.2. The first-order chi connectivity index (χ1) is 7.58. The normalized spacial score (nSPS) is 26.4. The first-order valence-electron chi connectivity index (χ1n) is 5.71. The van der Waals surface area contributed by atoms with Crippen LogP contribution in [0.15, 0.2) is 0 Å². The van der Waals surface area contributed by atoms with Crippen LogP contribution in [-0.2, 0) is 4.79 Å². The van der Waals surface area contributed by atoms with Crippen molar-refractivity contribution in [3.8, 4) is 0 Å². The van der Waals surface area contributed by atoms with E-state index in [1.54, 1.807) is 0 Å². The van der Waals surface area contributed by atoms with Crippen LogP contribution in [0.25, 0.3) is 0 Å². The predicted octanol–water partition coefficient (Wildman–Crippen LogP) is 1.70. The number of nitrogens with two attached hydrogens (primary N) is 1. The van der Waals surface area contributed by atoms with Crippen molar-refractivity contribution in [1.82, 2.24) is 5.32 Å². The Bertz CT molecular complexity index is 271. The van der Waals surface area contributed by atoms with Crippen LogP contribution in [0.1, 0.15) is 32.6 Å². The lowest BCUT2D eigenvalue weighted by Crippen LogP contribution is -2.42. The first kappa shape index (κ1) is 13.8. The maximum absolute atomic E-state index is 11.9. The Kier molecular flexibility index (Phi) is 5.55. The fourth-order valence-electron chi connectivity index (χ4n) is 2.10.